The van der Waals surface area contributed by atoms with Crippen molar-refractivity contribution < 1.29 is 4.79 Å². The van der Waals surface area contributed by atoms with Gasteiger partial charge in [0, 0.05) is 25.2 Å². The van der Waals surface area contributed by atoms with Crippen LogP contribution in [-0.2, 0) is 13.0 Å². The molecule has 2 aliphatic rings. The Morgan fingerprint density at radius 2 is 2.06 bits per heavy atom. The Morgan fingerprint density at radius 1 is 1.24 bits per heavy atom. The van der Waals surface area contributed by atoms with Gasteiger partial charge in [-0.25, -0.2) is 0 Å². The molecule has 1 N–H and O–H groups in total. The van der Waals surface area contributed by atoms with E-state index in [4.69, 9.17) is 0 Å². The highest BCUT2D eigenvalue weighted by atomic mass is 16.2. The van der Waals surface area contributed by atoms with Crippen LogP contribution in [0.4, 0.5) is 0 Å². The molecule has 1 saturated heterocycles. The van der Waals surface area contributed by atoms with Crippen molar-refractivity contribution >= 4 is 5.91 Å². The minimum atomic E-state index is 0.237. The first-order valence-electron chi connectivity index (χ1n) is 6.47. The van der Waals surface area contributed by atoms with Crippen molar-refractivity contribution in [3.63, 3.8) is 0 Å². The van der Waals surface area contributed by atoms with E-state index in [0.717, 1.165) is 51.0 Å². The average Bonchev–Trinajstić information content (AvgIpc) is 2.91. The molecule has 0 radical (unpaired) electrons. The number of hydrogen-bond donors (Lipinski definition) is 1. The van der Waals surface area contributed by atoms with Crippen molar-refractivity contribution in [3.05, 3.63) is 34.9 Å². The molecule has 2 aliphatic heterocycles. The summed E-state index contributed by atoms with van der Waals surface area (Å²) in [6, 6.07) is 6.13. The zero-order valence-corrected chi connectivity index (χ0v) is 10.0. The van der Waals surface area contributed by atoms with Gasteiger partial charge in [0.05, 0.1) is 0 Å². The Morgan fingerprint density at radius 3 is 2.88 bits per heavy atom. The van der Waals surface area contributed by atoms with Gasteiger partial charge in [-0.05, 0) is 43.0 Å². The molecule has 17 heavy (non-hydrogen) atoms. The fourth-order valence-corrected chi connectivity index (χ4v) is 2.82. The molecule has 1 aromatic carbocycles. The fraction of sp³-hybridized carbons (Fsp3) is 0.500. The summed E-state index contributed by atoms with van der Waals surface area (Å²) in [7, 11) is 0. The van der Waals surface area contributed by atoms with Gasteiger partial charge in [-0.1, -0.05) is 12.1 Å². The minimum Gasteiger partial charge on any atom is -0.339 e. The second-order valence-corrected chi connectivity index (χ2v) is 4.87. The quantitative estimate of drug-likeness (QED) is 0.794. The molecule has 1 amide bonds. The lowest BCUT2D eigenvalue weighted by molar-refractivity contribution is 0.0791. The Kier molecular flexibility index (Phi) is 2.85. The van der Waals surface area contributed by atoms with E-state index in [1.165, 1.54) is 11.1 Å². The van der Waals surface area contributed by atoms with Crippen molar-refractivity contribution in [2.24, 2.45) is 0 Å². The molecule has 0 bridgehead atoms. The highest BCUT2D eigenvalue weighted by molar-refractivity contribution is 5.96. The number of carbonyl (C=O) groups excluding carboxylic acids is 1. The Bertz CT molecular complexity index is 436. The Hall–Kier alpha value is -1.35. The summed E-state index contributed by atoms with van der Waals surface area (Å²) >= 11 is 0. The number of carbonyl (C=O) groups is 1. The van der Waals surface area contributed by atoms with Crippen molar-refractivity contribution in [1.82, 2.24) is 10.2 Å². The van der Waals surface area contributed by atoms with Gasteiger partial charge in [-0.2, -0.15) is 0 Å². The molecule has 0 aromatic heterocycles. The number of nitrogens with zero attached hydrogens (tertiary/aromatic N) is 1. The summed E-state index contributed by atoms with van der Waals surface area (Å²) in [6.07, 6.45) is 3.29. The average molecular weight is 230 g/mol. The van der Waals surface area contributed by atoms with E-state index in [9.17, 15) is 4.79 Å². The third-order valence-electron chi connectivity index (χ3n) is 3.76. The number of benzene rings is 1. The van der Waals surface area contributed by atoms with E-state index in [0.29, 0.717) is 0 Å². The molecule has 3 heteroatoms. The van der Waals surface area contributed by atoms with E-state index in [1.807, 2.05) is 17.0 Å². The summed E-state index contributed by atoms with van der Waals surface area (Å²) in [5.41, 5.74) is 3.50. The lowest BCUT2D eigenvalue weighted by atomic mass is 9.95. The van der Waals surface area contributed by atoms with E-state index in [-0.39, 0.29) is 5.91 Å². The first kappa shape index (κ1) is 10.8. The van der Waals surface area contributed by atoms with Crippen LogP contribution >= 0.6 is 0 Å². The zero-order chi connectivity index (χ0) is 11.7. The first-order chi connectivity index (χ1) is 8.36. The molecule has 0 saturated carbocycles. The predicted molar refractivity (Wildman–Crippen MR) is 67.0 cm³/mol. The van der Waals surface area contributed by atoms with Crippen LogP contribution in [0.1, 0.15) is 34.3 Å². The molecule has 3 nitrogen and oxygen atoms in total. The summed E-state index contributed by atoms with van der Waals surface area (Å²) in [4.78, 5) is 14.4. The Labute approximate surface area is 102 Å². The molecule has 1 aromatic rings. The minimum absolute atomic E-state index is 0.237. The third kappa shape index (κ3) is 1.95. The monoisotopic (exact) mass is 230 g/mol. The van der Waals surface area contributed by atoms with Gasteiger partial charge in [-0.3, -0.25) is 4.79 Å². The lowest BCUT2D eigenvalue weighted by Crippen LogP contribution is -2.31. The van der Waals surface area contributed by atoms with Crippen molar-refractivity contribution in [1.29, 1.82) is 0 Å². The second kappa shape index (κ2) is 4.49. The van der Waals surface area contributed by atoms with Crippen LogP contribution in [0.25, 0.3) is 0 Å². The molecule has 0 spiro atoms. The molecule has 0 aliphatic carbocycles. The predicted octanol–water partition coefficient (Wildman–Crippen LogP) is 1.57. The highest BCUT2D eigenvalue weighted by Crippen LogP contribution is 2.21. The SMILES string of the molecule is O=C(c1cccc2c1CCNC2)N1CCCC1. The number of fused-ring (bicyclic) bond motifs is 1. The third-order valence-corrected chi connectivity index (χ3v) is 3.76. The van der Waals surface area contributed by atoms with E-state index in [1.54, 1.807) is 0 Å². The molecule has 3 rings (SSSR count). The number of hydrogen-bond acceptors (Lipinski definition) is 2. The number of nitrogens with one attached hydrogen (secondary N) is 1. The number of rotatable bonds is 1. The molecular formula is C14H18N2O. The van der Waals surface area contributed by atoms with Gasteiger partial charge in [0.15, 0.2) is 0 Å². The molecule has 2 heterocycles. The second-order valence-electron chi connectivity index (χ2n) is 4.87. The van der Waals surface area contributed by atoms with Crippen molar-refractivity contribution in [2.45, 2.75) is 25.8 Å². The van der Waals surface area contributed by atoms with Gasteiger partial charge < -0.3 is 10.2 Å². The van der Waals surface area contributed by atoms with E-state index >= 15 is 0 Å². The molecule has 90 valence electrons. The number of amides is 1. The van der Waals surface area contributed by atoms with Crippen LogP contribution in [0, 0.1) is 0 Å². The van der Waals surface area contributed by atoms with Gasteiger partial charge in [-0.15, -0.1) is 0 Å². The summed E-state index contributed by atoms with van der Waals surface area (Å²) < 4.78 is 0. The smallest absolute Gasteiger partial charge is 0.254 e. The van der Waals surface area contributed by atoms with Crippen LogP contribution in [0.15, 0.2) is 18.2 Å². The topological polar surface area (TPSA) is 32.3 Å². The maximum absolute atomic E-state index is 12.4. The molecule has 1 fully saturated rings. The zero-order valence-electron chi connectivity index (χ0n) is 10.0. The normalized spacial score (nSPS) is 19.2. The van der Waals surface area contributed by atoms with Crippen LogP contribution in [-0.4, -0.2) is 30.4 Å². The highest BCUT2D eigenvalue weighted by Gasteiger charge is 2.23. The maximum atomic E-state index is 12.4. The van der Waals surface area contributed by atoms with Crippen molar-refractivity contribution in [3.8, 4) is 0 Å². The first-order valence-corrected chi connectivity index (χ1v) is 6.47. The standard InChI is InChI=1S/C14H18N2O/c17-14(16-8-1-2-9-16)13-5-3-4-11-10-15-7-6-12(11)13/h3-5,15H,1-2,6-10H2. The largest absolute Gasteiger partial charge is 0.339 e. The van der Waals surface area contributed by atoms with E-state index in [2.05, 4.69) is 11.4 Å². The number of likely N-dealkylation sites (tertiary alicyclic amines) is 1. The van der Waals surface area contributed by atoms with E-state index < -0.39 is 0 Å². The lowest BCUT2D eigenvalue weighted by Gasteiger charge is -2.22. The Balaban J connectivity index is 1.94. The van der Waals surface area contributed by atoms with Gasteiger partial charge in [0.2, 0.25) is 0 Å². The molecule has 0 atom stereocenters. The summed E-state index contributed by atoms with van der Waals surface area (Å²) in [5, 5.41) is 3.35. The van der Waals surface area contributed by atoms with Crippen molar-refractivity contribution in [2.75, 3.05) is 19.6 Å². The van der Waals surface area contributed by atoms with Gasteiger partial charge in [0.25, 0.3) is 5.91 Å². The van der Waals surface area contributed by atoms with Crippen LogP contribution in [0.5, 0.6) is 0 Å². The summed E-state index contributed by atoms with van der Waals surface area (Å²) in [6.45, 7) is 3.75. The fourth-order valence-electron chi connectivity index (χ4n) is 2.82. The van der Waals surface area contributed by atoms with Crippen LogP contribution in [0.2, 0.25) is 0 Å². The molecule has 0 unspecified atom stereocenters. The van der Waals surface area contributed by atoms with Gasteiger partial charge in [0.1, 0.15) is 0 Å². The molecular weight excluding hydrogens is 212 g/mol. The van der Waals surface area contributed by atoms with Crippen LogP contribution in [0.3, 0.4) is 0 Å². The van der Waals surface area contributed by atoms with Gasteiger partial charge >= 0.3 is 0 Å². The maximum Gasteiger partial charge on any atom is 0.254 e. The summed E-state index contributed by atoms with van der Waals surface area (Å²) in [5.74, 6) is 0.237. The van der Waals surface area contributed by atoms with Crippen LogP contribution < -0.4 is 5.32 Å².